The molecule has 0 aliphatic heterocycles. The van der Waals surface area contributed by atoms with Crippen LogP contribution in [-0.2, 0) is 4.74 Å². The second-order valence-corrected chi connectivity index (χ2v) is 12.0. The van der Waals surface area contributed by atoms with Crippen LogP contribution >= 0.6 is 11.6 Å². The Morgan fingerprint density at radius 3 is 2.50 bits per heavy atom. The van der Waals surface area contributed by atoms with E-state index in [4.69, 9.17) is 27.1 Å². The van der Waals surface area contributed by atoms with E-state index in [0.717, 1.165) is 31.4 Å². The third-order valence-corrected chi connectivity index (χ3v) is 7.93. The first-order valence-corrected chi connectivity index (χ1v) is 14.3. The number of carbonyl (C=O) groups is 2. The number of halogens is 2. The number of hydrogen-bond acceptors (Lipinski definition) is 6. The van der Waals surface area contributed by atoms with Crippen LogP contribution in [0.1, 0.15) is 80.0 Å². The number of ether oxygens (including phenoxy) is 1. The van der Waals surface area contributed by atoms with Crippen molar-refractivity contribution in [2.75, 3.05) is 19.4 Å². The van der Waals surface area contributed by atoms with Crippen molar-refractivity contribution >= 4 is 29.4 Å². The summed E-state index contributed by atoms with van der Waals surface area (Å²) in [6.07, 6.45) is 4.44. The van der Waals surface area contributed by atoms with Crippen LogP contribution in [0, 0.1) is 5.82 Å². The van der Waals surface area contributed by atoms with Gasteiger partial charge in [0.25, 0.3) is 5.91 Å². The Balaban J connectivity index is 1.59. The highest BCUT2D eigenvalue weighted by Gasteiger charge is 2.31. The summed E-state index contributed by atoms with van der Waals surface area (Å²) in [5.74, 6) is -1.10. The Labute approximate surface area is 250 Å². The van der Waals surface area contributed by atoms with Crippen LogP contribution in [0.5, 0.6) is 0 Å². The molecule has 9 nitrogen and oxygen atoms in total. The zero-order valence-electron chi connectivity index (χ0n) is 24.2. The minimum atomic E-state index is -1.15. The minimum Gasteiger partial charge on any atom is -0.465 e. The van der Waals surface area contributed by atoms with E-state index in [1.54, 1.807) is 64.4 Å². The van der Waals surface area contributed by atoms with Gasteiger partial charge in [0, 0.05) is 35.7 Å². The van der Waals surface area contributed by atoms with E-state index in [2.05, 4.69) is 10.3 Å². The molecule has 0 radical (unpaired) electrons. The van der Waals surface area contributed by atoms with Crippen LogP contribution in [-0.4, -0.2) is 57.3 Å². The average molecular weight is 598 g/mol. The standard InChI is InChI=1S/C31H37ClFN5O4/c1-31(2,3)38(30(40)41)17-26(19-6-5-7-21(32)14-19)37-29(39)23-13-10-20(15-24(23)33)27-28(34)35-16-25(36-27)18-8-11-22(42-4)12-9-18/h5-7,10,13-16,18,22,26H,8-9,11-12,17H2,1-4H3,(H2,34,35)(H,37,39)(H,40,41). The minimum absolute atomic E-state index is 0.0736. The summed E-state index contributed by atoms with van der Waals surface area (Å²) in [4.78, 5) is 35.7. The molecule has 1 atom stereocenters. The van der Waals surface area contributed by atoms with Gasteiger partial charge in [-0.1, -0.05) is 29.8 Å². The molecule has 4 rings (SSSR count). The van der Waals surface area contributed by atoms with Crippen molar-refractivity contribution in [1.82, 2.24) is 20.2 Å². The van der Waals surface area contributed by atoms with Crippen LogP contribution in [0.25, 0.3) is 11.3 Å². The molecule has 1 unspecified atom stereocenters. The van der Waals surface area contributed by atoms with E-state index in [-0.39, 0.29) is 29.9 Å². The zero-order chi connectivity index (χ0) is 30.6. The third kappa shape index (κ3) is 7.35. The maximum Gasteiger partial charge on any atom is 0.407 e. The molecule has 0 bridgehead atoms. The summed E-state index contributed by atoms with van der Waals surface area (Å²) in [6, 6.07) is 10.1. The molecule has 2 aromatic carbocycles. The van der Waals surface area contributed by atoms with Gasteiger partial charge >= 0.3 is 6.09 Å². The molecular weight excluding hydrogens is 561 g/mol. The summed E-state index contributed by atoms with van der Waals surface area (Å²) >= 11 is 6.19. The number of carboxylic acid groups (broad SMARTS) is 1. The molecule has 0 spiro atoms. The molecule has 2 amide bonds. The number of amides is 2. The molecule has 3 aromatic rings. The van der Waals surface area contributed by atoms with Gasteiger partial charge in [-0.05, 0) is 76.3 Å². The molecule has 1 aromatic heterocycles. The number of carbonyl (C=O) groups excluding carboxylic acids is 1. The van der Waals surface area contributed by atoms with Gasteiger partial charge in [-0.2, -0.15) is 0 Å². The molecule has 1 fully saturated rings. The summed E-state index contributed by atoms with van der Waals surface area (Å²) in [5, 5.41) is 13.1. The van der Waals surface area contributed by atoms with Gasteiger partial charge in [0.1, 0.15) is 17.3 Å². The molecule has 1 saturated carbocycles. The first kappa shape index (κ1) is 31.2. The number of methoxy groups -OCH3 is 1. The highest BCUT2D eigenvalue weighted by atomic mass is 35.5. The highest BCUT2D eigenvalue weighted by Crippen LogP contribution is 2.35. The van der Waals surface area contributed by atoms with Crippen LogP contribution in [0.15, 0.2) is 48.7 Å². The van der Waals surface area contributed by atoms with Gasteiger partial charge in [-0.3, -0.25) is 4.79 Å². The smallest absolute Gasteiger partial charge is 0.407 e. The maximum atomic E-state index is 15.5. The van der Waals surface area contributed by atoms with Gasteiger partial charge in [0.15, 0.2) is 0 Å². The van der Waals surface area contributed by atoms with Gasteiger partial charge < -0.3 is 25.8 Å². The normalized spacial score (nSPS) is 17.9. The van der Waals surface area contributed by atoms with Crippen LogP contribution in [0.2, 0.25) is 5.02 Å². The molecule has 1 heterocycles. The number of anilines is 1. The lowest BCUT2D eigenvalue weighted by Gasteiger charge is -2.36. The molecule has 11 heteroatoms. The molecule has 4 N–H and O–H groups in total. The second kappa shape index (κ2) is 13.0. The summed E-state index contributed by atoms with van der Waals surface area (Å²) in [7, 11) is 1.72. The van der Waals surface area contributed by atoms with E-state index in [1.807, 2.05) is 0 Å². The van der Waals surface area contributed by atoms with Crippen LogP contribution in [0.4, 0.5) is 15.0 Å². The number of nitrogens with one attached hydrogen (secondary N) is 1. The maximum absolute atomic E-state index is 15.5. The summed E-state index contributed by atoms with van der Waals surface area (Å²) < 4.78 is 20.9. The number of aromatic nitrogens is 2. The number of benzene rings is 2. The number of nitrogens with two attached hydrogens (primary N) is 1. The molecular formula is C31H37ClFN5O4. The topological polar surface area (TPSA) is 131 Å². The van der Waals surface area contributed by atoms with Crippen LogP contribution < -0.4 is 11.1 Å². The zero-order valence-corrected chi connectivity index (χ0v) is 25.0. The van der Waals surface area contributed by atoms with Crippen molar-refractivity contribution in [3.05, 3.63) is 76.3 Å². The lowest BCUT2D eigenvalue weighted by molar-refractivity contribution is 0.0655. The molecule has 1 aliphatic rings. The third-order valence-electron chi connectivity index (χ3n) is 7.69. The number of nitrogens with zero attached hydrogens (tertiary/aromatic N) is 3. The monoisotopic (exact) mass is 597 g/mol. The first-order valence-electron chi connectivity index (χ1n) is 13.9. The largest absolute Gasteiger partial charge is 0.465 e. The Bertz CT molecular complexity index is 1440. The first-order chi connectivity index (χ1) is 19.9. The lowest BCUT2D eigenvalue weighted by atomic mass is 9.85. The Morgan fingerprint density at radius 1 is 1.19 bits per heavy atom. The van der Waals surface area contributed by atoms with E-state index >= 15 is 4.39 Å². The number of nitrogen functional groups attached to an aromatic ring is 1. The summed E-state index contributed by atoms with van der Waals surface area (Å²) in [5.41, 5.74) is 7.31. The van der Waals surface area contributed by atoms with Crippen molar-refractivity contribution in [3.63, 3.8) is 0 Å². The number of hydrogen-bond donors (Lipinski definition) is 3. The van der Waals surface area contributed by atoms with E-state index in [9.17, 15) is 14.7 Å². The van der Waals surface area contributed by atoms with Gasteiger partial charge in [-0.15, -0.1) is 0 Å². The quantitative estimate of drug-likeness (QED) is 0.272. The van der Waals surface area contributed by atoms with E-state index in [0.29, 0.717) is 21.8 Å². The molecule has 0 saturated heterocycles. The fourth-order valence-electron chi connectivity index (χ4n) is 5.28. The predicted molar refractivity (Wildman–Crippen MR) is 160 cm³/mol. The van der Waals surface area contributed by atoms with Gasteiger partial charge in [-0.25, -0.2) is 19.2 Å². The second-order valence-electron chi connectivity index (χ2n) is 11.6. The van der Waals surface area contributed by atoms with Gasteiger partial charge in [0.2, 0.25) is 0 Å². The van der Waals surface area contributed by atoms with Crippen molar-refractivity contribution in [2.24, 2.45) is 0 Å². The Hall–Kier alpha value is -3.76. The Kier molecular flexibility index (Phi) is 9.68. The SMILES string of the molecule is COC1CCC(c2cnc(N)c(-c3ccc(C(=O)NC(CN(C(=O)O)C(C)(C)C)c4cccc(Cl)c4)c(F)c3)n2)CC1. The van der Waals surface area contributed by atoms with E-state index in [1.165, 1.54) is 17.0 Å². The van der Waals surface area contributed by atoms with Crippen LogP contribution in [0.3, 0.4) is 0 Å². The summed E-state index contributed by atoms with van der Waals surface area (Å²) in [6.45, 7) is 5.19. The fourth-order valence-corrected chi connectivity index (χ4v) is 5.48. The van der Waals surface area contributed by atoms with Crippen molar-refractivity contribution in [2.45, 2.75) is 70.1 Å². The van der Waals surface area contributed by atoms with Crippen molar-refractivity contribution in [3.8, 4) is 11.3 Å². The number of rotatable bonds is 8. The molecule has 224 valence electrons. The van der Waals surface area contributed by atoms with E-state index < -0.39 is 29.4 Å². The molecule has 1 aliphatic carbocycles. The Morgan fingerprint density at radius 2 is 1.90 bits per heavy atom. The average Bonchev–Trinajstić information content (AvgIpc) is 2.94. The molecule has 42 heavy (non-hydrogen) atoms. The highest BCUT2D eigenvalue weighted by molar-refractivity contribution is 6.30. The van der Waals surface area contributed by atoms with Crippen molar-refractivity contribution < 1.29 is 23.8 Å². The fraction of sp³-hybridized carbons (Fsp3) is 0.419. The lowest BCUT2D eigenvalue weighted by Crippen LogP contribution is -2.49. The predicted octanol–water partition coefficient (Wildman–Crippen LogP) is 6.44. The van der Waals surface area contributed by atoms with Crippen molar-refractivity contribution in [1.29, 1.82) is 0 Å². The van der Waals surface area contributed by atoms with Gasteiger partial charge in [0.05, 0.1) is 29.6 Å².